The molecule has 0 spiro atoms. The molecule has 0 saturated carbocycles. The number of nitro groups is 1. The van der Waals surface area contributed by atoms with Crippen LogP contribution in [0, 0.1) is 10.1 Å². The maximum absolute atomic E-state index is 13.7. The number of anilines is 2. The number of nitro benzene ring substituents is 1. The Bertz CT molecular complexity index is 2300. The van der Waals surface area contributed by atoms with Gasteiger partial charge in [-0.2, -0.15) is 0 Å². The minimum atomic E-state index is -0.646. The van der Waals surface area contributed by atoms with Crippen LogP contribution in [-0.2, 0) is 9.59 Å². The van der Waals surface area contributed by atoms with E-state index >= 15 is 0 Å². The molecule has 0 radical (unpaired) electrons. The second-order valence-electron chi connectivity index (χ2n) is 11.3. The van der Waals surface area contributed by atoms with Gasteiger partial charge >= 0.3 is 0 Å². The van der Waals surface area contributed by atoms with Crippen LogP contribution >= 0.6 is 46.3 Å². The maximum Gasteiger partial charge on any atom is 0.272 e. The van der Waals surface area contributed by atoms with E-state index in [1.54, 1.807) is 72.8 Å². The second-order valence-corrected chi connectivity index (χ2v) is 14.1. The molecule has 6 aromatic rings. The first-order valence-electron chi connectivity index (χ1n) is 15.8. The van der Waals surface area contributed by atoms with Crippen LogP contribution in [0.1, 0.15) is 26.7 Å². The lowest BCUT2D eigenvalue weighted by Gasteiger charge is -2.17. The molecule has 0 aliphatic heterocycles. The van der Waals surface area contributed by atoms with E-state index in [4.69, 9.17) is 23.2 Å². The Kier molecular flexibility index (Phi) is 12.0. The molecule has 264 valence electrons. The molecule has 3 amide bonds. The normalized spacial score (nSPS) is 11.7. The first kappa shape index (κ1) is 37.0. The number of nitrogens with zero attached hydrogens (tertiary/aromatic N) is 2. The summed E-state index contributed by atoms with van der Waals surface area (Å²) < 4.78 is 0. The summed E-state index contributed by atoms with van der Waals surface area (Å²) in [5.41, 5.74) is 3.14. The molecule has 1 heterocycles. The SMILES string of the molecule is O=C(Nc1ccc(SC(C(=O)Nc2nc(-c3ccc(Cl)cc3Cl)cs2)c2ccccc2)cc1)/C(=C/c1ccc([N+](=O)[O-])cc1)NC(=O)c1ccccc1. The van der Waals surface area contributed by atoms with Gasteiger partial charge < -0.3 is 16.0 Å². The molecular formula is C39H27Cl2N5O5S2. The number of benzene rings is 5. The molecule has 1 atom stereocenters. The average Bonchev–Trinajstić information content (AvgIpc) is 3.62. The van der Waals surface area contributed by atoms with E-state index in [-0.39, 0.29) is 17.3 Å². The van der Waals surface area contributed by atoms with Crippen molar-refractivity contribution in [3.8, 4) is 11.3 Å². The Labute approximate surface area is 322 Å². The third-order valence-electron chi connectivity index (χ3n) is 7.59. The van der Waals surface area contributed by atoms with Crippen LogP contribution < -0.4 is 16.0 Å². The van der Waals surface area contributed by atoms with Gasteiger partial charge in [0.2, 0.25) is 5.91 Å². The van der Waals surface area contributed by atoms with E-state index in [9.17, 15) is 24.5 Å². The summed E-state index contributed by atoms with van der Waals surface area (Å²) in [4.78, 5) is 56.1. The highest BCUT2D eigenvalue weighted by molar-refractivity contribution is 8.00. The number of non-ortho nitro benzene ring substituents is 1. The van der Waals surface area contributed by atoms with Crippen molar-refractivity contribution in [2.24, 2.45) is 0 Å². The number of hydrogen-bond acceptors (Lipinski definition) is 8. The van der Waals surface area contributed by atoms with Gasteiger partial charge in [-0.1, -0.05) is 71.7 Å². The lowest BCUT2D eigenvalue weighted by atomic mass is 10.1. The van der Waals surface area contributed by atoms with E-state index in [0.717, 1.165) is 10.5 Å². The van der Waals surface area contributed by atoms with Gasteiger partial charge in [0.05, 0.1) is 15.6 Å². The fraction of sp³-hybridized carbons (Fsp3) is 0.0256. The van der Waals surface area contributed by atoms with Gasteiger partial charge in [-0.15, -0.1) is 23.1 Å². The van der Waals surface area contributed by atoms with E-state index in [1.807, 2.05) is 35.7 Å². The summed E-state index contributed by atoms with van der Waals surface area (Å²) in [5, 5.41) is 22.0. The number of hydrogen-bond donors (Lipinski definition) is 3. The van der Waals surface area contributed by atoms with Crippen molar-refractivity contribution in [2.45, 2.75) is 10.1 Å². The third-order valence-corrected chi connectivity index (χ3v) is 10.2. The Balaban J connectivity index is 1.18. The molecule has 14 heteroatoms. The molecule has 53 heavy (non-hydrogen) atoms. The largest absolute Gasteiger partial charge is 0.321 e. The zero-order valence-corrected chi connectivity index (χ0v) is 30.5. The lowest BCUT2D eigenvalue weighted by molar-refractivity contribution is -0.384. The van der Waals surface area contributed by atoms with Crippen LogP contribution in [0.3, 0.4) is 0 Å². The van der Waals surface area contributed by atoms with Crippen molar-refractivity contribution in [3.63, 3.8) is 0 Å². The Hall–Kier alpha value is -5.79. The summed E-state index contributed by atoms with van der Waals surface area (Å²) in [5.74, 6) is -1.40. The summed E-state index contributed by atoms with van der Waals surface area (Å²) in [6.45, 7) is 0. The van der Waals surface area contributed by atoms with Gasteiger partial charge in [-0.05, 0) is 83.9 Å². The molecule has 3 N–H and O–H groups in total. The highest BCUT2D eigenvalue weighted by Gasteiger charge is 2.24. The van der Waals surface area contributed by atoms with Crippen LogP contribution in [0.5, 0.6) is 0 Å². The van der Waals surface area contributed by atoms with Crippen LogP contribution in [0.25, 0.3) is 17.3 Å². The van der Waals surface area contributed by atoms with Gasteiger partial charge in [-0.3, -0.25) is 24.5 Å². The maximum atomic E-state index is 13.7. The van der Waals surface area contributed by atoms with Crippen molar-refractivity contribution in [1.29, 1.82) is 0 Å². The zero-order chi connectivity index (χ0) is 37.3. The van der Waals surface area contributed by atoms with Crippen molar-refractivity contribution in [1.82, 2.24) is 10.3 Å². The first-order chi connectivity index (χ1) is 25.6. The summed E-state index contributed by atoms with van der Waals surface area (Å²) in [6, 6.07) is 35.4. The fourth-order valence-corrected chi connectivity index (χ4v) is 7.22. The minimum absolute atomic E-state index is 0.0735. The molecule has 5 aromatic carbocycles. The number of rotatable bonds is 12. The van der Waals surface area contributed by atoms with Crippen molar-refractivity contribution in [3.05, 3.63) is 175 Å². The smallest absolute Gasteiger partial charge is 0.272 e. The number of carbonyl (C=O) groups is 3. The van der Waals surface area contributed by atoms with Gasteiger partial charge in [0.15, 0.2) is 5.13 Å². The van der Waals surface area contributed by atoms with E-state index in [0.29, 0.717) is 43.2 Å². The molecule has 0 aliphatic carbocycles. The van der Waals surface area contributed by atoms with Gasteiger partial charge in [-0.25, -0.2) is 4.98 Å². The molecule has 1 aromatic heterocycles. The Morgan fingerprint density at radius 2 is 1.51 bits per heavy atom. The van der Waals surface area contributed by atoms with Crippen LogP contribution in [0.2, 0.25) is 10.0 Å². The standard InChI is InChI=1S/C39H27Cl2N5O5S2/c40-27-13-20-31(32(41)22-27)34-23-52-39(44-34)45-38(49)35(25-7-3-1-4-8-25)53-30-18-14-28(15-19-30)42-37(48)33(43-36(47)26-9-5-2-6-10-26)21-24-11-16-29(17-12-24)46(50)51/h1-23,35H,(H,42,48)(H,43,47)(H,44,45,49)/b33-21-. The van der Waals surface area contributed by atoms with Crippen molar-refractivity contribution >= 4 is 86.6 Å². The quantitative estimate of drug-likeness (QED) is 0.0486. The number of carbonyl (C=O) groups excluding carboxylic acids is 3. The molecule has 1 unspecified atom stereocenters. The van der Waals surface area contributed by atoms with Crippen molar-refractivity contribution < 1.29 is 19.3 Å². The predicted octanol–water partition coefficient (Wildman–Crippen LogP) is 9.91. The minimum Gasteiger partial charge on any atom is -0.321 e. The van der Waals surface area contributed by atoms with E-state index in [1.165, 1.54) is 53.4 Å². The second kappa shape index (κ2) is 17.2. The highest BCUT2D eigenvalue weighted by Crippen LogP contribution is 2.38. The lowest BCUT2D eigenvalue weighted by Crippen LogP contribution is -2.30. The Morgan fingerprint density at radius 1 is 0.830 bits per heavy atom. The van der Waals surface area contributed by atoms with Gasteiger partial charge in [0.25, 0.3) is 17.5 Å². The number of thiazole rings is 1. The zero-order valence-electron chi connectivity index (χ0n) is 27.4. The fourth-order valence-electron chi connectivity index (χ4n) is 4.98. The van der Waals surface area contributed by atoms with Crippen molar-refractivity contribution in [2.75, 3.05) is 10.6 Å². The number of thioether (sulfide) groups is 1. The molecule has 0 saturated heterocycles. The molecule has 10 nitrogen and oxygen atoms in total. The Morgan fingerprint density at radius 3 is 2.17 bits per heavy atom. The van der Waals surface area contributed by atoms with Crippen LogP contribution in [-0.4, -0.2) is 27.6 Å². The summed E-state index contributed by atoms with van der Waals surface area (Å²) in [6.07, 6.45) is 1.43. The van der Waals surface area contributed by atoms with Crippen LogP contribution in [0.4, 0.5) is 16.5 Å². The number of nitrogens with one attached hydrogen (secondary N) is 3. The number of amides is 3. The summed E-state index contributed by atoms with van der Waals surface area (Å²) >= 11 is 15.0. The molecule has 0 fully saturated rings. The topological polar surface area (TPSA) is 143 Å². The molecule has 6 rings (SSSR count). The predicted molar refractivity (Wildman–Crippen MR) is 211 cm³/mol. The van der Waals surface area contributed by atoms with Crippen LogP contribution in [0.15, 0.2) is 143 Å². The monoisotopic (exact) mass is 779 g/mol. The molecular weight excluding hydrogens is 753 g/mol. The van der Waals surface area contributed by atoms with Gasteiger partial charge in [0, 0.05) is 44.2 Å². The number of halogens is 2. The highest BCUT2D eigenvalue weighted by atomic mass is 35.5. The van der Waals surface area contributed by atoms with E-state index < -0.39 is 22.0 Å². The summed E-state index contributed by atoms with van der Waals surface area (Å²) in [7, 11) is 0. The third kappa shape index (κ3) is 9.76. The molecule has 0 aliphatic rings. The first-order valence-corrected chi connectivity index (χ1v) is 18.3. The van der Waals surface area contributed by atoms with E-state index in [2.05, 4.69) is 20.9 Å². The van der Waals surface area contributed by atoms with Gasteiger partial charge in [0.1, 0.15) is 10.9 Å². The molecule has 0 bridgehead atoms. The number of aromatic nitrogens is 1. The average molecular weight is 781 g/mol.